The van der Waals surface area contributed by atoms with Crippen molar-refractivity contribution in [2.75, 3.05) is 45.9 Å². The van der Waals surface area contributed by atoms with Crippen LogP contribution in [0.5, 0.6) is 5.75 Å². The Morgan fingerprint density at radius 1 is 0.964 bits per heavy atom. The maximum Gasteiger partial charge on any atom is 0.260 e. The highest BCUT2D eigenvalue weighted by atomic mass is 16.5. The zero-order valence-electron chi connectivity index (χ0n) is 16.5. The third-order valence-corrected chi connectivity index (χ3v) is 6.56. The molecule has 6 nitrogen and oxygen atoms in total. The summed E-state index contributed by atoms with van der Waals surface area (Å²) in [4.78, 5) is 29.6. The molecule has 28 heavy (non-hydrogen) atoms. The Kier molecular flexibility index (Phi) is 6.15. The maximum atomic E-state index is 13.1. The van der Waals surface area contributed by atoms with Crippen molar-refractivity contribution in [2.24, 2.45) is 17.8 Å². The molecule has 3 atom stereocenters. The first-order valence-electron chi connectivity index (χ1n) is 10.7. The molecule has 2 amide bonds. The van der Waals surface area contributed by atoms with Crippen LogP contribution in [0.2, 0.25) is 0 Å². The lowest BCUT2D eigenvalue weighted by Crippen LogP contribution is -2.48. The fourth-order valence-corrected chi connectivity index (χ4v) is 4.86. The van der Waals surface area contributed by atoms with Gasteiger partial charge in [0.25, 0.3) is 5.91 Å². The lowest BCUT2D eigenvalue weighted by molar-refractivity contribution is -0.141. The third-order valence-electron chi connectivity index (χ3n) is 6.56. The number of para-hydroxylation sites is 1. The van der Waals surface area contributed by atoms with Crippen LogP contribution in [0.25, 0.3) is 0 Å². The molecule has 1 aromatic carbocycles. The number of amides is 2. The number of benzene rings is 1. The number of hydrogen-bond donors (Lipinski definition) is 1. The van der Waals surface area contributed by atoms with Crippen molar-refractivity contribution < 1.29 is 14.3 Å². The van der Waals surface area contributed by atoms with Gasteiger partial charge in [-0.05, 0) is 62.7 Å². The van der Waals surface area contributed by atoms with Gasteiger partial charge < -0.3 is 19.9 Å². The smallest absolute Gasteiger partial charge is 0.260 e. The molecule has 0 bridgehead atoms. The van der Waals surface area contributed by atoms with E-state index in [4.69, 9.17) is 4.74 Å². The zero-order valence-corrected chi connectivity index (χ0v) is 16.5. The highest BCUT2D eigenvalue weighted by Gasteiger charge is 2.35. The molecule has 152 valence electrons. The van der Waals surface area contributed by atoms with E-state index in [9.17, 15) is 9.59 Å². The van der Waals surface area contributed by atoms with Crippen LogP contribution in [0.1, 0.15) is 25.7 Å². The number of likely N-dealkylation sites (tertiary alicyclic amines) is 2. The number of ether oxygens (including phenoxy) is 1. The highest BCUT2D eigenvalue weighted by Crippen LogP contribution is 2.28. The average Bonchev–Trinajstić information content (AvgIpc) is 3.10. The molecule has 0 spiro atoms. The van der Waals surface area contributed by atoms with Crippen LogP contribution >= 0.6 is 0 Å². The summed E-state index contributed by atoms with van der Waals surface area (Å²) in [7, 11) is 0. The minimum atomic E-state index is -0.0644. The molecular formula is C22H31N3O3. The van der Waals surface area contributed by atoms with E-state index in [-0.39, 0.29) is 24.3 Å². The fraction of sp³-hybridized carbons (Fsp3) is 0.636. The number of fused-ring (bicyclic) bond motifs is 1. The van der Waals surface area contributed by atoms with Crippen molar-refractivity contribution >= 4 is 11.8 Å². The SMILES string of the molecule is O=C(COc1ccccc1)N1CCCC(C(=O)N2CC[C@@H]3CNC[C@@H]3CC2)C1. The molecule has 1 N–H and O–H groups in total. The van der Waals surface area contributed by atoms with E-state index in [2.05, 4.69) is 10.2 Å². The van der Waals surface area contributed by atoms with E-state index in [0.717, 1.165) is 70.2 Å². The van der Waals surface area contributed by atoms with Crippen molar-refractivity contribution in [3.8, 4) is 5.75 Å². The lowest BCUT2D eigenvalue weighted by Gasteiger charge is -2.34. The summed E-state index contributed by atoms with van der Waals surface area (Å²) in [6.07, 6.45) is 3.97. The summed E-state index contributed by atoms with van der Waals surface area (Å²) in [5.74, 6) is 2.29. The molecular weight excluding hydrogens is 354 g/mol. The largest absolute Gasteiger partial charge is 0.484 e. The molecule has 0 radical (unpaired) electrons. The van der Waals surface area contributed by atoms with Crippen molar-refractivity contribution in [2.45, 2.75) is 25.7 Å². The number of nitrogens with one attached hydrogen (secondary N) is 1. The van der Waals surface area contributed by atoms with E-state index in [1.54, 1.807) is 0 Å². The first-order chi connectivity index (χ1) is 13.7. The number of nitrogens with zero attached hydrogens (tertiary/aromatic N) is 2. The fourth-order valence-electron chi connectivity index (χ4n) is 4.86. The van der Waals surface area contributed by atoms with Gasteiger partial charge in [-0.15, -0.1) is 0 Å². The molecule has 3 aliphatic heterocycles. The van der Waals surface area contributed by atoms with Crippen molar-refractivity contribution in [3.63, 3.8) is 0 Å². The lowest BCUT2D eigenvalue weighted by atomic mass is 9.92. The topological polar surface area (TPSA) is 61.9 Å². The van der Waals surface area contributed by atoms with Gasteiger partial charge in [-0.1, -0.05) is 18.2 Å². The van der Waals surface area contributed by atoms with Crippen LogP contribution < -0.4 is 10.1 Å². The molecule has 0 saturated carbocycles. The van der Waals surface area contributed by atoms with Gasteiger partial charge in [0.05, 0.1) is 5.92 Å². The Morgan fingerprint density at radius 2 is 1.68 bits per heavy atom. The monoisotopic (exact) mass is 385 g/mol. The first kappa shape index (κ1) is 19.2. The second-order valence-electron chi connectivity index (χ2n) is 8.36. The minimum absolute atomic E-state index is 0.0298. The second-order valence-corrected chi connectivity index (χ2v) is 8.36. The van der Waals surface area contributed by atoms with Crippen LogP contribution in [0, 0.1) is 17.8 Å². The Hall–Kier alpha value is -2.08. The molecule has 4 rings (SSSR count). The van der Waals surface area contributed by atoms with Crippen LogP contribution in [0.15, 0.2) is 30.3 Å². The highest BCUT2D eigenvalue weighted by molar-refractivity contribution is 5.82. The van der Waals surface area contributed by atoms with Gasteiger partial charge in [0.15, 0.2) is 6.61 Å². The Bertz CT molecular complexity index is 667. The molecule has 1 aromatic rings. The number of piperidine rings is 1. The number of hydrogen-bond acceptors (Lipinski definition) is 4. The predicted molar refractivity (Wildman–Crippen MR) is 107 cm³/mol. The van der Waals surface area contributed by atoms with Crippen molar-refractivity contribution in [1.29, 1.82) is 0 Å². The summed E-state index contributed by atoms with van der Waals surface area (Å²) < 4.78 is 5.60. The Balaban J connectivity index is 1.29. The van der Waals surface area contributed by atoms with Crippen molar-refractivity contribution in [3.05, 3.63) is 30.3 Å². The normalized spacial score (nSPS) is 27.8. The van der Waals surface area contributed by atoms with E-state index in [1.807, 2.05) is 35.2 Å². The zero-order chi connectivity index (χ0) is 19.3. The van der Waals surface area contributed by atoms with Gasteiger partial charge in [0.2, 0.25) is 5.91 Å². The maximum absolute atomic E-state index is 13.1. The first-order valence-corrected chi connectivity index (χ1v) is 10.7. The third kappa shape index (κ3) is 4.49. The van der Waals surface area contributed by atoms with Gasteiger partial charge >= 0.3 is 0 Å². The van der Waals surface area contributed by atoms with E-state index < -0.39 is 0 Å². The number of carbonyl (C=O) groups excluding carboxylic acids is 2. The molecule has 0 aromatic heterocycles. The molecule has 0 aliphatic carbocycles. The quantitative estimate of drug-likeness (QED) is 0.858. The van der Waals surface area contributed by atoms with E-state index in [1.165, 1.54) is 0 Å². The summed E-state index contributed by atoms with van der Waals surface area (Å²) in [6, 6.07) is 9.39. The van der Waals surface area contributed by atoms with Gasteiger partial charge in [-0.2, -0.15) is 0 Å². The van der Waals surface area contributed by atoms with Gasteiger partial charge in [-0.25, -0.2) is 0 Å². The van der Waals surface area contributed by atoms with Crippen LogP contribution in [-0.4, -0.2) is 67.5 Å². The molecule has 6 heteroatoms. The van der Waals surface area contributed by atoms with E-state index in [0.29, 0.717) is 12.3 Å². The summed E-state index contributed by atoms with van der Waals surface area (Å²) >= 11 is 0. The summed E-state index contributed by atoms with van der Waals surface area (Å²) in [6.45, 7) is 5.20. The van der Waals surface area contributed by atoms with Gasteiger partial charge in [-0.3, -0.25) is 9.59 Å². The van der Waals surface area contributed by atoms with Gasteiger partial charge in [0.1, 0.15) is 5.75 Å². The predicted octanol–water partition coefficient (Wildman–Crippen LogP) is 1.76. The molecule has 3 fully saturated rings. The van der Waals surface area contributed by atoms with Crippen LogP contribution in [-0.2, 0) is 9.59 Å². The molecule has 1 unspecified atom stereocenters. The van der Waals surface area contributed by atoms with Crippen LogP contribution in [0.3, 0.4) is 0 Å². The van der Waals surface area contributed by atoms with E-state index >= 15 is 0 Å². The molecule has 3 saturated heterocycles. The second kappa shape index (κ2) is 8.95. The summed E-state index contributed by atoms with van der Waals surface area (Å²) in [5, 5.41) is 3.48. The average molecular weight is 386 g/mol. The van der Waals surface area contributed by atoms with Crippen LogP contribution in [0.4, 0.5) is 0 Å². The standard InChI is InChI=1S/C22H31N3O3/c26-21(16-28-20-6-2-1-3-7-20)25-10-4-5-19(15-25)22(27)24-11-8-17-13-23-14-18(17)9-12-24/h1-3,6-7,17-19,23H,4-5,8-16H2/t17-,18+,19?. The number of rotatable bonds is 4. The molecule has 3 heterocycles. The summed E-state index contributed by atoms with van der Waals surface area (Å²) in [5.41, 5.74) is 0. The Morgan fingerprint density at radius 3 is 2.39 bits per heavy atom. The Labute approximate surface area is 167 Å². The van der Waals surface area contributed by atoms with Gasteiger partial charge in [0, 0.05) is 26.2 Å². The van der Waals surface area contributed by atoms with Crippen molar-refractivity contribution in [1.82, 2.24) is 15.1 Å². The number of carbonyl (C=O) groups is 2. The molecule has 3 aliphatic rings. The minimum Gasteiger partial charge on any atom is -0.484 e.